The Hall–Kier alpha value is -1.17. The van der Waals surface area contributed by atoms with Crippen molar-refractivity contribution in [3.8, 4) is 0 Å². The Morgan fingerprint density at radius 2 is 2.24 bits per heavy atom. The topological polar surface area (TPSA) is 54.7 Å². The molecule has 0 saturated carbocycles. The number of hydrogen-bond donors (Lipinski definition) is 1. The molecule has 0 radical (unpaired) electrons. The number of piperidine rings is 1. The summed E-state index contributed by atoms with van der Waals surface area (Å²) < 4.78 is 7.22. The van der Waals surface area contributed by atoms with Gasteiger partial charge in [-0.3, -0.25) is 9.69 Å². The van der Waals surface area contributed by atoms with Gasteiger partial charge in [-0.2, -0.15) is 0 Å². The zero-order chi connectivity index (χ0) is 14.8. The second kappa shape index (κ2) is 6.30. The van der Waals surface area contributed by atoms with Crippen molar-refractivity contribution in [2.24, 2.45) is 5.92 Å². The fourth-order valence-corrected chi connectivity index (χ4v) is 3.75. The first kappa shape index (κ1) is 14.8. The van der Waals surface area contributed by atoms with Gasteiger partial charge in [0.15, 0.2) is 0 Å². The predicted molar refractivity (Wildman–Crippen MR) is 80.5 cm³/mol. The zero-order valence-electron chi connectivity index (χ0n) is 12.6. The first-order valence-corrected chi connectivity index (χ1v) is 7.85. The second-order valence-electron chi connectivity index (χ2n) is 6.23. The molecule has 3 rings (SSSR count). The maximum absolute atomic E-state index is 12.0. The summed E-state index contributed by atoms with van der Waals surface area (Å²) in [5, 5.41) is 10.0. The van der Waals surface area contributed by atoms with Gasteiger partial charge in [-0.05, 0) is 25.3 Å². The Balaban J connectivity index is 1.69. The Bertz CT molecular complexity index is 543. The molecule has 0 amide bonds. The van der Waals surface area contributed by atoms with E-state index in [9.17, 15) is 9.90 Å². The molecule has 1 saturated heterocycles. The second-order valence-corrected chi connectivity index (χ2v) is 6.23. The molecule has 116 valence electrons. The van der Waals surface area contributed by atoms with Crippen LogP contribution in [0.5, 0.6) is 0 Å². The summed E-state index contributed by atoms with van der Waals surface area (Å²) in [6, 6.07) is 5.58. The van der Waals surface area contributed by atoms with Crippen molar-refractivity contribution in [1.82, 2.24) is 9.47 Å². The fourth-order valence-electron chi connectivity index (χ4n) is 3.75. The summed E-state index contributed by atoms with van der Waals surface area (Å²) >= 11 is 0. The van der Waals surface area contributed by atoms with E-state index in [0.717, 1.165) is 31.7 Å². The Kier molecular flexibility index (Phi) is 4.42. The van der Waals surface area contributed by atoms with Crippen LogP contribution in [-0.2, 0) is 11.3 Å². The summed E-state index contributed by atoms with van der Waals surface area (Å²) in [6.07, 6.45) is 0.725. The van der Waals surface area contributed by atoms with Gasteiger partial charge in [0.1, 0.15) is 0 Å². The first-order chi connectivity index (χ1) is 10.2. The lowest BCUT2D eigenvalue weighted by Gasteiger charge is -2.43. The van der Waals surface area contributed by atoms with Crippen molar-refractivity contribution in [3.05, 3.63) is 34.2 Å². The minimum Gasteiger partial charge on any atom is -0.389 e. The molecule has 0 aromatic carbocycles. The van der Waals surface area contributed by atoms with E-state index < -0.39 is 6.10 Å². The van der Waals surface area contributed by atoms with Crippen molar-refractivity contribution in [2.45, 2.75) is 31.9 Å². The highest BCUT2D eigenvalue weighted by Crippen LogP contribution is 2.34. The first-order valence-electron chi connectivity index (χ1n) is 7.85. The summed E-state index contributed by atoms with van der Waals surface area (Å²) in [4.78, 5) is 14.3. The Morgan fingerprint density at radius 1 is 1.38 bits per heavy atom. The molecule has 2 aliphatic heterocycles. The minimum atomic E-state index is -0.429. The van der Waals surface area contributed by atoms with Gasteiger partial charge in [0, 0.05) is 50.5 Å². The highest BCUT2D eigenvalue weighted by Gasteiger charge is 2.34. The van der Waals surface area contributed by atoms with E-state index in [1.807, 2.05) is 17.6 Å². The van der Waals surface area contributed by atoms with Crippen LogP contribution in [0.2, 0.25) is 0 Å². The van der Waals surface area contributed by atoms with Gasteiger partial charge in [-0.1, -0.05) is 6.07 Å². The third-order valence-electron chi connectivity index (χ3n) is 4.54. The third-order valence-corrected chi connectivity index (χ3v) is 4.54. The number of aromatic nitrogens is 1. The van der Waals surface area contributed by atoms with E-state index in [4.69, 9.17) is 4.74 Å². The molecule has 2 bridgehead atoms. The lowest BCUT2D eigenvalue weighted by molar-refractivity contribution is 0.00625. The van der Waals surface area contributed by atoms with Crippen LogP contribution >= 0.6 is 0 Å². The number of ether oxygens (including phenoxy) is 1. The molecule has 1 aromatic rings. The molecular weight excluding hydrogens is 268 g/mol. The smallest absolute Gasteiger partial charge is 0.250 e. The van der Waals surface area contributed by atoms with Crippen molar-refractivity contribution in [3.63, 3.8) is 0 Å². The van der Waals surface area contributed by atoms with E-state index in [2.05, 4.69) is 11.0 Å². The lowest BCUT2D eigenvalue weighted by atomic mass is 9.83. The lowest BCUT2D eigenvalue weighted by Crippen LogP contribution is -2.49. The number of β-amino-alcohol motifs (C(OH)–C–C–N with tert-alkyl or cyclic N) is 1. The maximum atomic E-state index is 12.0. The number of hydrogen-bond acceptors (Lipinski definition) is 4. The molecule has 1 N–H and O–H groups in total. The highest BCUT2D eigenvalue weighted by molar-refractivity contribution is 5.16. The number of rotatable bonds is 5. The van der Waals surface area contributed by atoms with E-state index >= 15 is 0 Å². The molecule has 3 heterocycles. The van der Waals surface area contributed by atoms with E-state index in [-0.39, 0.29) is 5.56 Å². The van der Waals surface area contributed by atoms with Crippen LogP contribution in [0, 0.1) is 5.92 Å². The van der Waals surface area contributed by atoms with Crippen LogP contribution < -0.4 is 5.56 Å². The molecule has 2 aliphatic rings. The third kappa shape index (κ3) is 3.20. The van der Waals surface area contributed by atoms with Gasteiger partial charge >= 0.3 is 0 Å². The summed E-state index contributed by atoms with van der Waals surface area (Å²) in [7, 11) is 0. The number of nitrogens with zero attached hydrogens (tertiary/aromatic N) is 2. The average Bonchev–Trinajstić information content (AvgIpc) is 2.46. The molecule has 3 atom stereocenters. The summed E-state index contributed by atoms with van der Waals surface area (Å²) in [5.74, 6) is 0.918. The van der Waals surface area contributed by atoms with Gasteiger partial charge < -0.3 is 14.4 Å². The zero-order valence-corrected chi connectivity index (χ0v) is 12.6. The quantitative estimate of drug-likeness (QED) is 0.866. The Labute approximate surface area is 125 Å². The number of aliphatic hydroxyl groups is 1. The van der Waals surface area contributed by atoms with E-state index in [1.165, 1.54) is 0 Å². The molecule has 5 heteroatoms. The number of pyridine rings is 1. The van der Waals surface area contributed by atoms with Gasteiger partial charge in [0.05, 0.1) is 12.7 Å². The van der Waals surface area contributed by atoms with Gasteiger partial charge in [0.25, 0.3) is 5.56 Å². The van der Waals surface area contributed by atoms with Crippen LogP contribution in [0.3, 0.4) is 0 Å². The van der Waals surface area contributed by atoms with Gasteiger partial charge in [-0.15, -0.1) is 0 Å². The van der Waals surface area contributed by atoms with Crippen molar-refractivity contribution in [2.75, 3.05) is 32.8 Å². The van der Waals surface area contributed by atoms with Crippen LogP contribution in [0.15, 0.2) is 23.0 Å². The SMILES string of the molecule is CCOCC(O)CN1C[C@H]2C[C@@H](C1)c1cccc(=O)n1C2. The Morgan fingerprint density at radius 3 is 3.05 bits per heavy atom. The van der Waals surface area contributed by atoms with Crippen molar-refractivity contribution < 1.29 is 9.84 Å². The number of fused-ring (bicyclic) bond motifs is 4. The average molecular weight is 292 g/mol. The minimum absolute atomic E-state index is 0.118. The number of aliphatic hydroxyl groups excluding tert-OH is 1. The van der Waals surface area contributed by atoms with Gasteiger partial charge in [-0.25, -0.2) is 0 Å². The van der Waals surface area contributed by atoms with Crippen molar-refractivity contribution >= 4 is 0 Å². The fraction of sp³-hybridized carbons (Fsp3) is 0.688. The molecule has 5 nitrogen and oxygen atoms in total. The summed E-state index contributed by atoms with van der Waals surface area (Å²) in [6.45, 7) is 6.32. The standard InChI is InChI=1S/C16H24N2O3/c1-2-21-11-14(19)10-17-7-12-6-13(9-17)15-4-3-5-16(20)18(15)8-12/h3-5,12-14,19H,2,6-11H2,1H3/t12-,13+,14?/m1/s1. The number of likely N-dealkylation sites (tertiary alicyclic amines) is 1. The largest absolute Gasteiger partial charge is 0.389 e. The van der Waals surface area contributed by atoms with E-state index in [0.29, 0.717) is 31.6 Å². The predicted octanol–water partition coefficient (Wildman–Crippen LogP) is 0.665. The van der Waals surface area contributed by atoms with Crippen LogP contribution in [0.1, 0.15) is 25.0 Å². The van der Waals surface area contributed by atoms with E-state index in [1.54, 1.807) is 6.07 Å². The van der Waals surface area contributed by atoms with Crippen LogP contribution in [0.25, 0.3) is 0 Å². The van der Waals surface area contributed by atoms with Gasteiger partial charge in [0.2, 0.25) is 0 Å². The highest BCUT2D eigenvalue weighted by atomic mass is 16.5. The van der Waals surface area contributed by atoms with Crippen LogP contribution in [0.4, 0.5) is 0 Å². The van der Waals surface area contributed by atoms with Crippen molar-refractivity contribution in [1.29, 1.82) is 0 Å². The molecule has 0 aliphatic carbocycles. The molecule has 21 heavy (non-hydrogen) atoms. The molecule has 0 spiro atoms. The molecule has 1 fully saturated rings. The molecular formula is C16H24N2O3. The molecule has 1 unspecified atom stereocenters. The summed E-state index contributed by atoms with van der Waals surface area (Å²) in [5.41, 5.74) is 1.27. The normalized spacial score (nSPS) is 26.4. The van der Waals surface area contributed by atoms with Crippen LogP contribution in [-0.4, -0.2) is 53.5 Å². The molecule has 1 aromatic heterocycles. The monoisotopic (exact) mass is 292 g/mol. The maximum Gasteiger partial charge on any atom is 0.250 e.